The molecule has 0 saturated heterocycles. The van der Waals surface area contributed by atoms with E-state index in [9.17, 15) is 0 Å². The molecule has 0 atom stereocenters. The van der Waals surface area contributed by atoms with Crippen LogP contribution in [0, 0.1) is 11.8 Å². The van der Waals surface area contributed by atoms with Gasteiger partial charge in [-0.1, -0.05) is 76.8 Å². The van der Waals surface area contributed by atoms with Gasteiger partial charge in [-0.05, 0) is 54.6 Å². The molecule has 1 aliphatic carbocycles. The smallest absolute Gasteiger partial charge is 0.0739 e. The Bertz CT molecular complexity index is 479. The molecule has 126 valence electrons. The molecule has 0 heterocycles. The first-order valence-electron chi connectivity index (χ1n) is 9.48. The van der Waals surface area contributed by atoms with Crippen LogP contribution in [0.3, 0.4) is 0 Å². The van der Waals surface area contributed by atoms with Gasteiger partial charge in [0.05, 0.1) is 10.8 Å². The van der Waals surface area contributed by atoms with Crippen LogP contribution < -0.4 is 0 Å². The van der Waals surface area contributed by atoms with E-state index in [1.165, 1.54) is 76.2 Å². The molecule has 1 saturated carbocycles. The van der Waals surface area contributed by atoms with Gasteiger partial charge in [-0.3, -0.25) is 0 Å². The minimum Gasteiger partial charge on any atom is -0.195 e. The molecule has 0 unspecified atom stereocenters. The van der Waals surface area contributed by atoms with E-state index in [1.807, 2.05) is 12.1 Å². The second-order valence-electron chi connectivity index (χ2n) is 7.14. The van der Waals surface area contributed by atoms with E-state index in [-0.39, 0.29) is 0 Å². The summed E-state index contributed by atoms with van der Waals surface area (Å²) in [5.74, 6) is 1.97. The lowest BCUT2D eigenvalue weighted by Crippen LogP contribution is -2.15. The Morgan fingerprint density at radius 3 is 2.22 bits per heavy atom. The summed E-state index contributed by atoms with van der Waals surface area (Å²) in [4.78, 5) is 4.01. The Hall–Kier alpha value is -0.980. The normalized spacial score (nSPS) is 20.9. The monoisotopic (exact) mass is 329 g/mol. The Kier molecular flexibility index (Phi) is 8.57. The second kappa shape index (κ2) is 10.7. The molecule has 0 radical (unpaired) electrons. The third-order valence-corrected chi connectivity index (χ3v) is 5.48. The van der Waals surface area contributed by atoms with Crippen molar-refractivity contribution in [1.29, 1.82) is 0 Å². The van der Waals surface area contributed by atoms with Crippen molar-refractivity contribution in [3.05, 3.63) is 29.8 Å². The first-order chi connectivity index (χ1) is 11.3. The average Bonchev–Trinajstić information content (AvgIpc) is 2.59. The van der Waals surface area contributed by atoms with Gasteiger partial charge in [0, 0.05) is 0 Å². The minimum atomic E-state index is 0.910. The van der Waals surface area contributed by atoms with E-state index in [1.54, 1.807) is 0 Å². The molecular formula is C21H31NS. The molecular weight excluding hydrogens is 298 g/mol. The molecule has 1 aromatic carbocycles. The van der Waals surface area contributed by atoms with Crippen LogP contribution in [-0.4, -0.2) is 5.16 Å². The van der Waals surface area contributed by atoms with Crippen molar-refractivity contribution >= 4 is 23.1 Å². The van der Waals surface area contributed by atoms with Gasteiger partial charge < -0.3 is 0 Å². The number of thiocarbonyl (C=S) groups is 1. The first-order valence-corrected chi connectivity index (χ1v) is 9.89. The molecule has 1 aliphatic rings. The van der Waals surface area contributed by atoms with Crippen LogP contribution in [0.2, 0.25) is 0 Å². The first kappa shape index (κ1) is 18.4. The lowest BCUT2D eigenvalue weighted by atomic mass is 9.78. The van der Waals surface area contributed by atoms with Crippen molar-refractivity contribution in [2.24, 2.45) is 16.8 Å². The zero-order chi connectivity index (χ0) is 16.3. The highest BCUT2D eigenvalue weighted by Crippen LogP contribution is 2.34. The second-order valence-corrected chi connectivity index (χ2v) is 7.33. The van der Waals surface area contributed by atoms with Crippen molar-refractivity contribution in [2.45, 2.75) is 77.6 Å². The third kappa shape index (κ3) is 6.97. The number of isothiocyanates is 1. The summed E-state index contributed by atoms with van der Waals surface area (Å²) < 4.78 is 0. The van der Waals surface area contributed by atoms with Crippen LogP contribution in [0.4, 0.5) is 5.69 Å². The standard InChI is InChI=1S/C21H31NS/c1-2-3-4-5-6-18-7-9-19(10-8-18)11-12-20-13-15-21(16-14-20)22-17-23/h13-16,18-19H,2-12H2,1H3. The summed E-state index contributed by atoms with van der Waals surface area (Å²) in [7, 11) is 0. The van der Waals surface area contributed by atoms with Gasteiger partial charge in [0.25, 0.3) is 0 Å². The number of unbranched alkanes of at least 4 members (excludes halogenated alkanes) is 3. The fraction of sp³-hybridized carbons (Fsp3) is 0.667. The molecule has 2 rings (SSSR count). The van der Waals surface area contributed by atoms with E-state index in [2.05, 4.69) is 41.4 Å². The molecule has 0 bridgehead atoms. The van der Waals surface area contributed by atoms with Crippen molar-refractivity contribution in [2.75, 3.05) is 0 Å². The topological polar surface area (TPSA) is 12.4 Å². The van der Waals surface area contributed by atoms with Gasteiger partial charge >= 0.3 is 0 Å². The molecule has 1 fully saturated rings. The molecule has 0 spiro atoms. The molecule has 0 aromatic heterocycles. The highest BCUT2D eigenvalue weighted by atomic mass is 32.1. The lowest BCUT2D eigenvalue weighted by Gasteiger charge is -2.28. The van der Waals surface area contributed by atoms with Gasteiger partial charge in [-0.15, -0.1) is 0 Å². The van der Waals surface area contributed by atoms with E-state index < -0.39 is 0 Å². The van der Waals surface area contributed by atoms with Crippen LogP contribution in [-0.2, 0) is 6.42 Å². The van der Waals surface area contributed by atoms with Gasteiger partial charge in [-0.2, -0.15) is 4.99 Å². The van der Waals surface area contributed by atoms with Gasteiger partial charge in [0.15, 0.2) is 0 Å². The number of nitrogens with zero attached hydrogens (tertiary/aromatic N) is 1. The van der Waals surface area contributed by atoms with Crippen molar-refractivity contribution in [3.8, 4) is 0 Å². The maximum absolute atomic E-state index is 4.64. The summed E-state index contributed by atoms with van der Waals surface area (Å²) in [5, 5.41) is 2.42. The quantitative estimate of drug-likeness (QED) is 0.266. The number of aryl methyl sites for hydroxylation is 1. The largest absolute Gasteiger partial charge is 0.195 e. The fourth-order valence-corrected chi connectivity index (χ4v) is 3.93. The molecule has 0 aliphatic heterocycles. The Morgan fingerprint density at radius 2 is 1.61 bits per heavy atom. The van der Waals surface area contributed by atoms with E-state index in [4.69, 9.17) is 0 Å². The van der Waals surface area contributed by atoms with Crippen molar-refractivity contribution < 1.29 is 0 Å². The van der Waals surface area contributed by atoms with E-state index in [0.717, 1.165) is 17.5 Å². The summed E-state index contributed by atoms with van der Waals surface area (Å²) >= 11 is 4.64. The predicted octanol–water partition coefficient (Wildman–Crippen LogP) is 7.13. The molecule has 2 heteroatoms. The van der Waals surface area contributed by atoms with E-state index >= 15 is 0 Å². The molecule has 1 aromatic rings. The maximum Gasteiger partial charge on any atom is 0.0739 e. The highest BCUT2D eigenvalue weighted by Gasteiger charge is 2.20. The molecule has 0 amide bonds. The summed E-state index contributed by atoms with van der Waals surface area (Å²) in [6.07, 6.45) is 15.5. The van der Waals surface area contributed by atoms with Crippen LogP contribution in [0.5, 0.6) is 0 Å². The molecule has 23 heavy (non-hydrogen) atoms. The Balaban J connectivity index is 1.63. The van der Waals surface area contributed by atoms with Crippen LogP contribution in [0.15, 0.2) is 29.3 Å². The van der Waals surface area contributed by atoms with Crippen LogP contribution in [0.25, 0.3) is 0 Å². The molecule has 0 N–H and O–H groups in total. The Morgan fingerprint density at radius 1 is 0.957 bits per heavy atom. The van der Waals surface area contributed by atoms with Gasteiger partial charge in [0.2, 0.25) is 0 Å². The number of hydrogen-bond donors (Lipinski definition) is 0. The van der Waals surface area contributed by atoms with Crippen LogP contribution >= 0.6 is 12.2 Å². The lowest BCUT2D eigenvalue weighted by molar-refractivity contribution is 0.249. The third-order valence-electron chi connectivity index (χ3n) is 5.38. The number of hydrogen-bond acceptors (Lipinski definition) is 2. The number of benzene rings is 1. The summed E-state index contributed by atoms with van der Waals surface area (Å²) in [6.45, 7) is 2.30. The molecule has 1 nitrogen and oxygen atoms in total. The SMILES string of the molecule is CCCCCCC1CCC(CCc2ccc(N=C=S)cc2)CC1. The van der Waals surface area contributed by atoms with Crippen molar-refractivity contribution in [1.82, 2.24) is 0 Å². The Labute approximate surface area is 147 Å². The maximum atomic E-state index is 4.64. The predicted molar refractivity (Wildman–Crippen MR) is 104 cm³/mol. The highest BCUT2D eigenvalue weighted by molar-refractivity contribution is 7.78. The average molecular weight is 330 g/mol. The van der Waals surface area contributed by atoms with Gasteiger partial charge in [0.1, 0.15) is 0 Å². The minimum absolute atomic E-state index is 0.910. The zero-order valence-electron chi connectivity index (χ0n) is 14.6. The summed E-state index contributed by atoms with van der Waals surface area (Å²) in [5.41, 5.74) is 2.34. The zero-order valence-corrected chi connectivity index (χ0v) is 15.4. The number of aliphatic imine (C=N–C) groups is 1. The summed E-state index contributed by atoms with van der Waals surface area (Å²) in [6, 6.07) is 8.46. The van der Waals surface area contributed by atoms with E-state index in [0.29, 0.717) is 0 Å². The van der Waals surface area contributed by atoms with Gasteiger partial charge in [-0.25, -0.2) is 0 Å². The van der Waals surface area contributed by atoms with Crippen LogP contribution in [0.1, 0.15) is 76.7 Å². The fourth-order valence-electron chi connectivity index (χ4n) is 3.83. The van der Waals surface area contributed by atoms with Crippen molar-refractivity contribution in [3.63, 3.8) is 0 Å². The number of rotatable bonds is 9.